The van der Waals surface area contributed by atoms with Gasteiger partial charge in [-0.15, -0.1) is 10.2 Å². The predicted octanol–water partition coefficient (Wildman–Crippen LogP) is 2.33. The number of amides is 1. The fourth-order valence-electron chi connectivity index (χ4n) is 3.49. The first-order valence-corrected chi connectivity index (χ1v) is 10.1. The summed E-state index contributed by atoms with van der Waals surface area (Å²) in [4.78, 5) is 12.0. The zero-order chi connectivity index (χ0) is 16.8. The molecule has 1 aromatic heterocycles. The molecule has 1 saturated heterocycles. The van der Waals surface area contributed by atoms with Gasteiger partial charge in [-0.3, -0.25) is 4.79 Å². The molecule has 1 N–H and O–H groups in total. The van der Waals surface area contributed by atoms with Gasteiger partial charge in [0.25, 0.3) is 0 Å². The summed E-state index contributed by atoms with van der Waals surface area (Å²) in [5.41, 5.74) is 0. The van der Waals surface area contributed by atoms with Gasteiger partial charge in [-0.1, -0.05) is 24.6 Å². The lowest BCUT2D eigenvalue weighted by Gasteiger charge is -2.10. The molecular formula is C17H28N4O2S. The summed E-state index contributed by atoms with van der Waals surface area (Å²) in [7, 11) is 1.99. The van der Waals surface area contributed by atoms with Crippen molar-refractivity contribution in [3.05, 3.63) is 5.82 Å². The zero-order valence-corrected chi connectivity index (χ0v) is 15.3. The molecule has 134 valence electrons. The van der Waals surface area contributed by atoms with Crippen LogP contribution in [0.3, 0.4) is 0 Å². The molecule has 2 aliphatic rings. The minimum Gasteiger partial charge on any atom is -0.377 e. The number of nitrogens with one attached hydrogen (secondary N) is 1. The van der Waals surface area contributed by atoms with E-state index in [1.165, 1.54) is 25.7 Å². The average Bonchev–Trinajstić information content (AvgIpc) is 3.30. The van der Waals surface area contributed by atoms with Crippen LogP contribution in [-0.2, 0) is 23.0 Å². The molecule has 6 nitrogen and oxygen atoms in total. The van der Waals surface area contributed by atoms with Gasteiger partial charge in [0, 0.05) is 38.8 Å². The maximum atomic E-state index is 12.0. The molecule has 24 heavy (non-hydrogen) atoms. The van der Waals surface area contributed by atoms with Gasteiger partial charge in [-0.05, 0) is 31.6 Å². The quantitative estimate of drug-likeness (QED) is 0.727. The normalized spacial score (nSPS) is 21.5. The van der Waals surface area contributed by atoms with Crippen LogP contribution in [0.25, 0.3) is 0 Å². The highest BCUT2D eigenvalue weighted by Crippen LogP contribution is 2.27. The Labute approximate surface area is 148 Å². The van der Waals surface area contributed by atoms with Crippen LogP contribution < -0.4 is 5.32 Å². The van der Waals surface area contributed by atoms with Crippen molar-refractivity contribution in [3.63, 3.8) is 0 Å². The van der Waals surface area contributed by atoms with Crippen LogP contribution in [-0.4, -0.2) is 45.7 Å². The first-order valence-electron chi connectivity index (χ1n) is 9.11. The van der Waals surface area contributed by atoms with E-state index in [9.17, 15) is 4.79 Å². The monoisotopic (exact) mass is 352 g/mol. The van der Waals surface area contributed by atoms with E-state index in [4.69, 9.17) is 4.74 Å². The molecule has 0 radical (unpaired) electrons. The highest BCUT2D eigenvalue weighted by Gasteiger charge is 2.19. The van der Waals surface area contributed by atoms with Gasteiger partial charge in [-0.25, -0.2) is 0 Å². The average molecular weight is 353 g/mol. The third kappa shape index (κ3) is 4.96. The molecule has 3 rings (SSSR count). The standard InChI is InChI=1S/C17H28N4O2S/c1-21-15(8-9-18-16(22)11-13-5-2-3-6-13)19-20-17(21)24-12-14-7-4-10-23-14/h13-14H,2-12H2,1H3,(H,18,22)/t14-/m0/s1. The van der Waals surface area contributed by atoms with Crippen molar-refractivity contribution < 1.29 is 9.53 Å². The first-order chi connectivity index (χ1) is 11.7. The number of aromatic nitrogens is 3. The lowest BCUT2D eigenvalue weighted by molar-refractivity contribution is -0.121. The Morgan fingerprint density at radius 2 is 2.12 bits per heavy atom. The molecule has 1 aliphatic carbocycles. The van der Waals surface area contributed by atoms with Gasteiger partial charge in [0.2, 0.25) is 5.91 Å². The van der Waals surface area contributed by atoms with Crippen molar-refractivity contribution in [2.75, 3.05) is 18.9 Å². The summed E-state index contributed by atoms with van der Waals surface area (Å²) in [6.45, 7) is 1.52. The van der Waals surface area contributed by atoms with Crippen LogP contribution in [0.2, 0.25) is 0 Å². The Bertz CT molecular complexity index is 537. The highest BCUT2D eigenvalue weighted by molar-refractivity contribution is 7.99. The van der Waals surface area contributed by atoms with Crippen LogP contribution in [0.1, 0.15) is 50.8 Å². The molecule has 7 heteroatoms. The predicted molar refractivity (Wildman–Crippen MR) is 94.0 cm³/mol. The van der Waals surface area contributed by atoms with Crippen molar-refractivity contribution in [2.24, 2.45) is 13.0 Å². The fourth-order valence-corrected chi connectivity index (χ4v) is 4.49. The Hall–Kier alpha value is -1.08. The molecule has 2 heterocycles. The van der Waals surface area contributed by atoms with Gasteiger partial charge < -0.3 is 14.6 Å². The third-order valence-corrected chi connectivity index (χ3v) is 6.12. The fraction of sp³-hybridized carbons (Fsp3) is 0.824. The van der Waals surface area contributed by atoms with E-state index >= 15 is 0 Å². The maximum Gasteiger partial charge on any atom is 0.220 e. The van der Waals surface area contributed by atoms with Gasteiger partial charge in [0.1, 0.15) is 5.82 Å². The van der Waals surface area contributed by atoms with Crippen molar-refractivity contribution in [1.29, 1.82) is 0 Å². The molecule has 2 fully saturated rings. The van der Waals surface area contributed by atoms with Crippen molar-refractivity contribution in [2.45, 2.75) is 62.6 Å². The maximum absolute atomic E-state index is 12.0. The number of thioether (sulfide) groups is 1. The molecule has 0 aromatic carbocycles. The smallest absolute Gasteiger partial charge is 0.220 e. The number of nitrogens with zero attached hydrogens (tertiary/aromatic N) is 3. The Balaban J connectivity index is 1.38. The minimum atomic E-state index is 0.178. The van der Waals surface area contributed by atoms with E-state index in [0.717, 1.165) is 42.6 Å². The molecule has 0 bridgehead atoms. The molecule has 1 amide bonds. The second kappa shape index (κ2) is 8.85. The Morgan fingerprint density at radius 1 is 1.29 bits per heavy atom. The van der Waals surface area contributed by atoms with Crippen LogP contribution in [0, 0.1) is 5.92 Å². The van der Waals surface area contributed by atoms with E-state index < -0.39 is 0 Å². The van der Waals surface area contributed by atoms with Gasteiger partial charge >= 0.3 is 0 Å². The second-order valence-corrected chi connectivity index (χ2v) is 7.85. The summed E-state index contributed by atoms with van der Waals surface area (Å²) in [6.07, 6.45) is 9.05. The molecule has 1 aliphatic heterocycles. The summed E-state index contributed by atoms with van der Waals surface area (Å²) in [5.74, 6) is 2.63. The largest absolute Gasteiger partial charge is 0.377 e. The minimum absolute atomic E-state index is 0.178. The zero-order valence-electron chi connectivity index (χ0n) is 14.5. The van der Waals surface area contributed by atoms with Crippen molar-refractivity contribution in [3.8, 4) is 0 Å². The van der Waals surface area contributed by atoms with E-state index in [1.54, 1.807) is 11.8 Å². The first kappa shape index (κ1) is 17.7. The van der Waals surface area contributed by atoms with Crippen LogP contribution >= 0.6 is 11.8 Å². The topological polar surface area (TPSA) is 69.0 Å². The van der Waals surface area contributed by atoms with Crippen LogP contribution in [0.15, 0.2) is 5.16 Å². The highest BCUT2D eigenvalue weighted by atomic mass is 32.2. The molecule has 0 unspecified atom stereocenters. The van der Waals surface area contributed by atoms with Crippen LogP contribution in [0.4, 0.5) is 0 Å². The molecule has 1 aromatic rings. The van der Waals surface area contributed by atoms with E-state index in [2.05, 4.69) is 15.5 Å². The molecule has 0 spiro atoms. The second-order valence-electron chi connectivity index (χ2n) is 6.86. The number of carbonyl (C=O) groups excluding carboxylic acids is 1. The van der Waals surface area contributed by atoms with E-state index in [0.29, 0.717) is 25.0 Å². The molecule has 1 atom stereocenters. The van der Waals surface area contributed by atoms with Crippen molar-refractivity contribution in [1.82, 2.24) is 20.1 Å². The third-order valence-electron chi connectivity index (χ3n) is 4.97. The summed E-state index contributed by atoms with van der Waals surface area (Å²) >= 11 is 1.70. The molecule has 1 saturated carbocycles. The lowest BCUT2D eigenvalue weighted by Crippen LogP contribution is -2.27. The van der Waals surface area contributed by atoms with Gasteiger partial charge in [0.15, 0.2) is 5.16 Å². The molecular weight excluding hydrogens is 324 g/mol. The lowest BCUT2D eigenvalue weighted by atomic mass is 10.0. The van der Waals surface area contributed by atoms with E-state index in [1.807, 2.05) is 11.6 Å². The Kier molecular flexibility index (Phi) is 6.54. The SMILES string of the molecule is Cn1c(CCNC(=O)CC2CCCC2)nnc1SC[C@@H]1CCCO1. The summed E-state index contributed by atoms with van der Waals surface area (Å²) < 4.78 is 7.67. The van der Waals surface area contributed by atoms with Crippen LogP contribution in [0.5, 0.6) is 0 Å². The van der Waals surface area contributed by atoms with Crippen molar-refractivity contribution >= 4 is 17.7 Å². The number of hydrogen-bond donors (Lipinski definition) is 1. The number of ether oxygens (including phenoxy) is 1. The van der Waals surface area contributed by atoms with Gasteiger partial charge in [0.05, 0.1) is 6.10 Å². The number of rotatable bonds is 8. The Morgan fingerprint density at radius 3 is 2.88 bits per heavy atom. The van der Waals surface area contributed by atoms with Gasteiger partial charge in [-0.2, -0.15) is 0 Å². The number of carbonyl (C=O) groups is 1. The summed E-state index contributed by atoms with van der Waals surface area (Å²) in [6, 6.07) is 0. The number of hydrogen-bond acceptors (Lipinski definition) is 5. The van der Waals surface area contributed by atoms with E-state index in [-0.39, 0.29) is 5.91 Å². The summed E-state index contributed by atoms with van der Waals surface area (Å²) in [5, 5.41) is 12.5.